The molecule has 0 aliphatic rings. The molecule has 3 nitrogen and oxygen atoms in total. The Morgan fingerprint density at radius 1 is 1.60 bits per heavy atom. The van der Waals surface area contributed by atoms with Gasteiger partial charge < -0.3 is 5.11 Å². The van der Waals surface area contributed by atoms with E-state index in [4.69, 9.17) is 16.7 Å². The molecular formula is C10H8ClNO2S. The number of benzene rings is 1. The van der Waals surface area contributed by atoms with Crippen molar-refractivity contribution in [3.8, 4) is 0 Å². The lowest BCUT2D eigenvalue weighted by molar-refractivity contribution is -0.138. The molecule has 0 saturated heterocycles. The van der Waals surface area contributed by atoms with Crippen molar-refractivity contribution < 1.29 is 9.90 Å². The van der Waals surface area contributed by atoms with E-state index in [0.29, 0.717) is 10.0 Å². The summed E-state index contributed by atoms with van der Waals surface area (Å²) in [5.41, 5.74) is 0.760. The molecule has 2 aromatic rings. The minimum atomic E-state index is -0.861. The summed E-state index contributed by atoms with van der Waals surface area (Å²) in [7, 11) is 0. The molecule has 1 heterocycles. The van der Waals surface area contributed by atoms with Gasteiger partial charge in [-0.15, -0.1) is 11.3 Å². The quantitative estimate of drug-likeness (QED) is 0.879. The first kappa shape index (κ1) is 10.4. The zero-order chi connectivity index (χ0) is 11.0. The lowest BCUT2D eigenvalue weighted by Gasteiger charge is -1.98. The fourth-order valence-corrected chi connectivity index (χ4v) is 2.37. The maximum atomic E-state index is 10.8. The summed E-state index contributed by atoms with van der Waals surface area (Å²) in [6.45, 7) is 1.63. The van der Waals surface area contributed by atoms with Crippen molar-refractivity contribution in [2.24, 2.45) is 0 Å². The highest BCUT2D eigenvalue weighted by Crippen LogP contribution is 2.29. The van der Waals surface area contributed by atoms with Gasteiger partial charge in [0.05, 0.1) is 10.2 Å². The average molecular weight is 242 g/mol. The lowest BCUT2D eigenvalue weighted by atomic mass is 10.2. The predicted molar refractivity (Wildman–Crippen MR) is 60.7 cm³/mol. The van der Waals surface area contributed by atoms with Gasteiger partial charge in [-0.1, -0.05) is 11.6 Å². The van der Waals surface area contributed by atoms with Gasteiger partial charge in [-0.05, 0) is 25.1 Å². The molecule has 0 aliphatic carbocycles. The van der Waals surface area contributed by atoms with Crippen molar-refractivity contribution >= 4 is 39.1 Å². The van der Waals surface area contributed by atoms with E-state index in [-0.39, 0.29) is 0 Å². The number of carboxylic acids is 1. The molecule has 78 valence electrons. The van der Waals surface area contributed by atoms with Gasteiger partial charge in [0.15, 0.2) is 0 Å². The molecule has 0 spiro atoms. The molecule has 1 unspecified atom stereocenters. The van der Waals surface area contributed by atoms with Crippen LogP contribution in [0.4, 0.5) is 0 Å². The Balaban J connectivity index is 2.51. The van der Waals surface area contributed by atoms with Crippen LogP contribution >= 0.6 is 22.9 Å². The highest BCUT2D eigenvalue weighted by atomic mass is 35.5. The maximum absolute atomic E-state index is 10.8. The monoisotopic (exact) mass is 241 g/mol. The molecule has 1 atom stereocenters. The van der Waals surface area contributed by atoms with Gasteiger partial charge in [0, 0.05) is 5.02 Å². The van der Waals surface area contributed by atoms with E-state index < -0.39 is 11.9 Å². The molecule has 1 aromatic carbocycles. The first-order valence-corrected chi connectivity index (χ1v) is 5.56. The Bertz CT molecular complexity index is 523. The minimum absolute atomic E-state index is 0.568. The second kappa shape index (κ2) is 3.79. The van der Waals surface area contributed by atoms with Gasteiger partial charge in [-0.3, -0.25) is 4.79 Å². The Hall–Kier alpha value is -1.13. The van der Waals surface area contributed by atoms with E-state index in [2.05, 4.69) is 4.98 Å². The first-order chi connectivity index (χ1) is 7.08. The fourth-order valence-electron chi connectivity index (χ4n) is 1.21. The van der Waals surface area contributed by atoms with Crippen LogP contribution in [0.2, 0.25) is 5.02 Å². The lowest BCUT2D eigenvalue weighted by Crippen LogP contribution is -2.06. The van der Waals surface area contributed by atoms with E-state index in [1.54, 1.807) is 19.1 Å². The summed E-state index contributed by atoms with van der Waals surface area (Å²) in [6, 6.07) is 5.37. The number of aromatic nitrogens is 1. The average Bonchev–Trinajstić information content (AvgIpc) is 2.58. The summed E-state index contributed by atoms with van der Waals surface area (Å²) < 4.78 is 0.961. The number of nitrogens with zero attached hydrogens (tertiary/aromatic N) is 1. The summed E-state index contributed by atoms with van der Waals surface area (Å²) in [6.07, 6.45) is 0. The van der Waals surface area contributed by atoms with Crippen LogP contribution in [0.25, 0.3) is 10.2 Å². The zero-order valence-electron chi connectivity index (χ0n) is 7.90. The summed E-state index contributed by atoms with van der Waals surface area (Å²) in [4.78, 5) is 15.0. The van der Waals surface area contributed by atoms with Crippen molar-refractivity contribution in [2.45, 2.75) is 12.8 Å². The van der Waals surface area contributed by atoms with Crippen LogP contribution in [-0.4, -0.2) is 16.1 Å². The molecule has 15 heavy (non-hydrogen) atoms. The number of fused-ring (bicyclic) bond motifs is 1. The fraction of sp³-hybridized carbons (Fsp3) is 0.200. The van der Waals surface area contributed by atoms with Crippen LogP contribution in [-0.2, 0) is 4.79 Å². The molecule has 1 N–H and O–H groups in total. The molecule has 0 amide bonds. The first-order valence-electron chi connectivity index (χ1n) is 4.36. The molecule has 0 bridgehead atoms. The third-order valence-electron chi connectivity index (χ3n) is 2.11. The molecule has 0 fully saturated rings. The highest BCUT2D eigenvalue weighted by molar-refractivity contribution is 7.18. The van der Waals surface area contributed by atoms with E-state index in [9.17, 15) is 4.79 Å². The maximum Gasteiger partial charge on any atom is 0.313 e. The summed E-state index contributed by atoms with van der Waals surface area (Å²) >= 11 is 7.21. The number of aliphatic carboxylic acids is 1. The number of halogens is 1. The van der Waals surface area contributed by atoms with Gasteiger partial charge in [0.1, 0.15) is 10.9 Å². The van der Waals surface area contributed by atoms with Crippen LogP contribution < -0.4 is 0 Å². The van der Waals surface area contributed by atoms with E-state index in [1.807, 2.05) is 6.07 Å². The molecule has 5 heteroatoms. The van der Waals surface area contributed by atoms with Gasteiger partial charge in [0.2, 0.25) is 0 Å². The largest absolute Gasteiger partial charge is 0.481 e. The number of hydrogen-bond donors (Lipinski definition) is 1. The number of hydrogen-bond acceptors (Lipinski definition) is 3. The van der Waals surface area contributed by atoms with Crippen molar-refractivity contribution in [3.05, 3.63) is 28.2 Å². The van der Waals surface area contributed by atoms with Crippen molar-refractivity contribution in [3.63, 3.8) is 0 Å². The molecule has 2 rings (SSSR count). The Kier molecular flexibility index (Phi) is 2.63. The number of carboxylic acid groups (broad SMARTS) is 1. The van der Waals surface area contributed by atoms with E-state index in [0.717, 1.165) is 10.2 Å². The summed E-state index contributed by atoms with van der Waals surface area (Å²) in [5, 5.41) is 10.1. The van der Waals surface area contributed by atoms with Crippen molar-refractivity contribution in [1.29, 1.82) is 0 Å². The van der Waals surface area contributed by atoms with Crippen LogP contribution in [0.1, 0.15) is 17.8 Å². The van der Waals surface area contributed by atoms with E-state index in [1.165, 1.54) is 11.3 Å². The molecule has 0 saturated carbocycles. The Morgan fingerprint density at radius 2 is 2.33 bits per heavy atom. The summed E-state index contributed by atoms with van der Waals surface area (Å²) in [5.74, 6) is -1.43. The van der Waals surface area contributed by atoms with Gasteiger partial charge in [-0.25, -0.2) is 4.98 Å². The predicted octanol–water partition coefficient (Wildman–Crippen LogP) is 3.14. The number of carbonyl (C=O) groups is 1. The normalized spacial score (nSPS) is 12.9. The third kappa shape index (κ3) is 1.96. The Labute approximate surface area is 95.3 Å². The standard InChI is InChI=1S/C10H8ClNO2S/c1-5(10(13)14)9-12-7-4-6(11)2-3-8(7)15-9/h2-5H,1H3,(H,13,14). The van der Waals surface area contributed by atoms with Gasteiger partial charge >= 0.3 is 5.97 Å². The number of rotatable bonds is 2. The van der Waals surface area contributed by atoms with Crippen LogP contribution in [0.5, 0.6) is 0 Å². The second-order valence-corrected chi connectivity index (χ2v) is 4.72. The highest BCUT2D eigenvalue weighted by Gasteiger charge is 2.18. The number of thiazole rings is 1. The Morgan fingerprint density at radius 3 is 3.00 bits per heavy atom. The second-order valence-electron chi connectivity index (χ2n) is 3.22. The van der Waals surface area contributed by atoms with Crippen LogP contribution in [0.3, 0.4) is 0 Å². The van der Waals surface area contributed by atoms with Gasteiger partial charge in [0.25, 0.3) is 0 Å². The minimum Gasteiger partial charge on any atom is -0.481 e. The third-order valence-corrected chi connectivity index (χ3v) is 3.56. The SMILES string of the molecule is CC(C(=O)O)c1nc2cc(Cl)ccc2s1. The van der Waals surface area contributed by atoms with Gasteiger partial charge in [-0.2, -0.15) is 0 Å². The zero-order valence-corrected chi connectivity index (χ0v) is 9.47. The molecule has 0 radical (unpaired) electrons. The van der Waals surface area contributed by atoms with Crippen LogP contribution in [0, 0.1) is 0 Å². The van der Waals surface area contributed by atoms with Crippen molar-refractivity contribution in [1.82, 2.24) is 4.98 Å². The molecule has 0 aliphatic heterocycles. The van der Waals surface area contributed by atoms with Crippen molar-refractivity contribution in [2.75, 3.05) is 0 Å². The van der Waals surface area contributed by atoms with E-state index >= 15 is 0 Å². The smallest absolute Gasteiger partial charge is 0.313 e. The molecule has 1 aromatic heterocycles. The van der Waals surface area contributed by atoms with Crippen LogP contribution in [0.15, 0.2) is 18.2 Å². The topological polar surface area (TPSA) is 50.2 Å². The molecular weight excluding hydrogens is 234 g/mol.